The fourth-order valence-electron chi connectivity index (χ4n) is 3.74. The Morgan fingerprint density at radius 2 is 2.16 bits per heavy atom. The van der Waals surface area contributed by atoms with Gasteiger partial charge in [-0.15, -0.1) is 11.3 Å². The lowest BCUT2D eigenvalue weighted by Crippen LogP contribution is -2.54. The molecule has 1 amide bonds. The van der Waals surface area contributed by atoms with Crippen molar-refractivity contribution in [1.82, 2.24) is 19.9 Å². The summed E-state index contributed by atoms with van der Waals surface area (Å²) in [6.07, 6.45) is 3.44. The van der Waals surface area contributed by atoms with Crippen molar-refractivity contribution in [1.29, 1.82) is 0 Å². The molecule has 0 bridgehead atoms. The number of carbonyl (C=O) groups excluding carboxylic acids is 1. The predicted molar refractivity (Wildman–Crippen MR) is 117 cm³/mol. The summed E-state index contributed by atoms with van der Waals surface area (Å²) in [5.41, 5.74) is 0.00574. The summed E-state index contributed by atoms with van der Waals surface area (Å²) in [5, 5.41) is 18.6. The summed E-state index contributed by atoms with van der Waals surface area (Å²) in [6, 6.07) is 1.74. The van der Waals surface area contributed by atoms with Gasteiger partial charge in [0, 0.05) is 37.3 Å². The number of fused-ring (bicyclic) bond motifs is 1. The highest BCUT2D eigenvalue weighted by molar-refractivity contribution is 7.12. The quantitative estimate of drug-likeness (QED) is 0.598. The zero-order valence-electron chi connectivity index (χ0n) is 16.9. The minimum Gasteiger partial charge on any atom is -0.477 e. The number of rotatable bonds is 4. The van der Waals surface area contributed by atoms with E-state index >= 15 is 0 Å². The fraction of sp³-hybridized carbons (Fsp3) is 0.300. The molecule has 3 aromatic rings. The number of nitrogens with zero attached hydrogens (tertiary/aromatic N) is 5. The highest BCUT2D eigenvalue weighted by Crippen LogP contribution is 2.28. The first-order valence-corrected chi connectivity index (χ1v) is 10.7. The maximum absolute atomic E-state index is 12.8. The van der Waals surface area contributed by atoms with E-state index in [9.17, 15) is 19.5 Å². The van der Waals surface area contributed by atoms with Gasteiger partial charge in [0.2, 0.25) is 11.3 Å². The van der Waals surface area contributed by atoms with Gasteiger partial charge in [0.25, 0.3) is 0 Å². The van der Waals surface area contributed by atoms with Crippen molar-refractivity contribution in [3.63, 3.8) is 0 Å². The van der Waals surface area contributed by atoms with E-state index in [-0.39, 0.29) is 22.8 Å². The summed E-state index contributed by atoms with van der Waals surface area (Å²) in [6.45, 7) is 3.14. The summed E-state index contributed by atoms with van der Waals surface area (Å²) in [4.78, 5) is 52.6. The van der Waals surface area contributed by atoms with Crippen molar-refractivity contribution in [2.24, 2.45) is 11.1 Å². The standard InChI is InChI=1S/C20H18N6O5S/c1-10-6-14(25-7-11(8-25)18(28)22-13-2-4-31-24-13)23-17-15(10)16(27)12(19(29)30)9-26(17)20-21-3-5-32-20/h3,5-6,9,11H,2,4,7-8H2,1H3,(H,29,30)(H,22,24,28). The lowest BCUT2D eigenvalue weighted by Gasteiger charge is -2.39. The topological polar surface area (TPSA) is 139 Å². The molecule has 5 heterocycles. The van der Waals surface area contributed by atoms with Gasteiger partial charge in [-0.2, -0.15) is 0 Å². The Bertz CT molecular complexity index is 1330. The molecule has 1 saturated heterocycles. The van der Waals surface area contributed by atoms with E-state index in [1.54, 1.807) is 24.6 Å². The Morgan fingerprint density at radius 1 is 1.34 bits per heavy atom. The number of thiazole rings is 1. The van der Waals surface area contributed by atoms with Gasteiger partial charge in [-0.1, -0.05) is 5.16 Å². The van der Waals surface area contributed by atoms with Gasteiger partial charge < -0.3 is 20.2 Å². The van der Waals surface area contributed by atoms with Crippen LogP contribution in [0.3, 0.4) is 0 Å². The van der Waals surface area contributed by atoms with Crippen LogP contribution in [0.25, 0.3) is 16.2 Å². The first-order valence-electron chi connectivity index (χ1n) is 9.87. The number of carboxylic acids is 1. The van der Waals surface area contributed by atoms with Gasteiger partial charge in [-0.05, 0) is 18.6 Å². The number of aromatic carboxylic acids is 1. The number of carboxylic acid groups (broad SMARTS) is 1. The first-order chi connectivity index (χ1) is 15.4. The second kappa shape index (κ2) is 7.71. The van der Waals surface area contributed by atoms with E-state index in [0.29, 0.717) is 54.1 Å². The van der Waals surface area contributed by atoms with E-state index in [1.807, 2.05) is 4.90 Å². The molecule has 2 aliphatic rings. The molecular formula is C20H18N6O5S. The molecule has 0 spiro atoms. The smallest absolute Gasteiger partial charge is 0.341 e. The molecular weight excluding hydrogens is 436 g/mol. The van der Waals surface area contributed by atoms with Gasteiger partial charge in [-0.25, -0.2) is 14.8 Å². The van der Waals surface area contributed by atoms with Gasteiger partial charge >= 0.3 is 5.97 Å². The number of nitrogens with one attached hydrogen (secondary N) is 1. The van der Waals surface area contributed by atoms with Crippen molar-refractivity contribution >= 4 is 45.9 Å². The number of aromatic nitrogens is 3. The van der Waals surface area contributed by atoms with E-state index in [1.165, 1.54) is 22.1 Å². The van der Waals surface area contributed by atoms with E-state index in [2.05, 4.69) is 20.4 Å². The normalized spacial score (nSPS) is 15.9. The Balaban J connectivity index is 1.49. The zero-order chi connectivity index (χ0) is 22.4. The molecule has 3 aromatic heterocycles. The first kappa shape index (κ1) is 20.1. The van der Waals surface area contributed by atoms with Crippen LogP contribution in [0.5, 0.6) is 0 Å². The number of amides is 1. The molecule has 11 nitrogen and oxygen atoms in total. The third-order valence-electron chi connectivity index (χ3n) is 5.45. The molecule has 2 aliphatic heterocycles. The van der Waals surface area contributed by atoms with Gasteiger partial charge in [0.05, 0.1) is 11.3 Å². The monoisotopic (exact) mass is 454 g/mol. The van der Waals surface area contributed by atoms with Gasteiger partial charge in [-0.3, -0.25) is 14.2 Å². The summed E-state index contributed by atoms with van der Waals surface area (Å²) >= 11 is 1.31. The molecule has 0 saturated carbocycles. The Morgan fingerprint density at radius 3 is 2.81 bits per heavy atom. The van der Waals surface area contributed by atoms with Crippen LogP contribution >= 0.6 is 11.3 Å². The van der Waals surface area contributed by atoms with Crippen molar-refractivity contribution < 1.29 is 19.5 Å². The number of amidine groups is 1. The molecule has 32 heavy (non-hydrogen) atoms. The summed E-state index contributed by atoms with van der Waals surface area (Å²) in [5.74, 6) is -0.497. The van der Waals surface area contributed by atoms with Crippen molar-refractivity contribution in [3.8, 4) is 5.13 Å². The van der Waals surface area contributed by atoms with Crippen LogP contribution in [0, 0.1) is 12.8 Å². The van der Waals surface area contributed by atoms with Crippen LogP contribution in [0.1, 0.15) is 22.3 Å². The number of hydrogen-bond acceptors (Lipinski definition) is 9. The molecule has 2 N–H and O–H groups in total. The van der Waals surface area contributed by atoms with E-state index in [0.717, 1.165) is 0 Å². The number of anilines is 1. The number of oxime groups is 1. The SMILES string of the molecule is Cc1cc(N2CC(C(=O)NC3=NOCC3)C2)nc2c1c(=O)c(C(=O)O)cn2-c1nccs1. The van der Waals surface area contributed by atoms with Crippen LogP contribution in [0.4, 0.5) is 5.82 Å². The maximum Gasteiger partial charge on any atom is 0.341 e. The third kappa shape index (κ3) is 3.38. The largest absolute Gasteiger partial charge is 0.477 e. The molecule has 0 atom stereocenters. The predicted octanol–water partition coefficient (Wildman–Crippen LogP) is 1.14. The number of pyridine rings is 2. The minimum atomic E-state index is -1.31. The second-order valence-electron chi connectivity index (χ2n) is 7.57. The molecule has 0 aliphatic carbocycles. The average Bonchev–Trinajstić information content (AvgIpc) is 3.40. The molecule has 5 rings (SSSR count). The van der Waals surface area contributed by atoms with Crippen LogP contribution in [-0.4, -0.2) is 57.1 Å². The van der Waals surface area contributed by atoms with Gasteiger partial charge in [0.1, 0.15) is 18.0 Å². The lowest BCUT2D eigenvalue weighted by atomic mass is 9.98. The number of aryl methyl sites for hydroxylation is 1. The summed E-state index contributed by atoms with van der Waals surface area (Å²) < 4.78 is 1.53. The van der Waals surface area contributed by atoms with Gasteiger partial charge in [0.15, 0.2) is 16.6 Å². The average molecular weight is 454 g/mol. The molecule has 164 valence electrons. The van der Waals surface area contributed by atoms with Crippen molar-refractivity contribution in [2.75, 3.05) is 24.6 Å². The minimum absolute atomic E-state index is 0.117. The number of carbonyl (C=O) groups is 2. The highest BCUT2D eigenvalue weighted by Gasteiger charge is 2.35. The maximum atomic E-state index is 12.8. The Labute approximate surface area is 185 Å². The number of hydrogen-bond donors (Lipinski definition) is 2. The van der Waals surface area contributed by atoms with Crippen LogP contribution in [0.15, 0.2) is 33.8 Å². The van der Waals surface area contributed by atoms with Crippen molar-refractivity contribution in [2.45, 2.75) is 13.3 Å². The molecule has 1 fully saturated rings. The van der Waals surface area contributed by atoms with Crippen LogP contribution in [0.2, 0.25) is 0 Å². The molecule has 12 heteroatoms. The fourth-order valence-corrected chi connectivity index (χ4v) is 4.36. The highest BCUT2D eigenvalue weighted by atomic mass is 32.1. The zero-order valence-corrected chi connectivity index (χ0v) is 17.8. The Hall–Kier alpha value is -3.80. The van der Waals surface area contributed by atoms with E-state index < -0.39 is 11.4 Å². The van der Waals surface area contributed by atoms with Crippen LogP contribution in [-0.2, 0) is 9.63 Å². The third-order valence-corrected chi connectivity index (χ3v) is 6.22. The lowest BCUT2D eigenvalue weighted by molar-refractivity contribution is -0.124. The van der Waals surface area contributed by atoms with Crippen molar-refractivity contribution in [3.05, 3.63) is 45.2 Å². The van der Waals surface area contributed by atoms with Crippen LogP contribution < -0.4 is 15.6 Å². The molecule has 0 radical (unpaired) electrons. The molecule has 0 unspecified atom stereocenters. The second-order valence-corrected chi connectivity index (χ2v) is 8.44. The van der Waals surface area contributed by atoms with E-state index in [4.69, 9.17) is 4.84 Å². The Kier molecular flexibility index (Phi) is 4.85. The summed E-state index contributed by atoms with van der Waals surface area (Å²) in [7, 11) is 0. The molecule has 0 aromatic carbocycles.